The summed E-state index contributed by atoms with van der Waals surface area (Å²) in [4.78, 5) is 37.9. The summed E-state index contributed by atoms with van der Waals surface area (Å²) in [6.07, 6.45) is 3.66. The Labute approximate surface area is 188 Å². The Bertz CT molecular complexity index is 1200. The van der Waals surface area contributed by atoms with Crippen molar-refractivity contribution in [2.75, 3.05) is 13.2 Å². The van der Waals surface area contributed by atoms with Gasteiger partial charge in [0.1, 0.15) is 6.54 Å². The molecule has 0 spiro atoms. The van der Waals surface area contributed by atoms with E-state index in [1.54, 1.807) is 13.0 Å². The van der Waals surface area contributed by atoms with Crippen LogP contribution in [0.3, 0.4) is 0 Å². The zero-order chi connectivity index (χ0) is 22.0. The molecule has 0 atom stereocenters. The number of hydrogen-bond donors (Lipinski definition) is 0. The van der Waals surface area contributed by atoms with Crippen LogP contribution in [-0.4, -0.2) is 39.7 Å². The molecule has 1 aliphatic heterocycles. The molecule has 0 aliphatic carbocycles. The average molecular weight is 455 g/mol. The lowest BCUT2D eigenvalue weighted by Gasteiger charge is -2.10. The first-order valence-corrected chi connectivity index (χ1v) is 10.9. The molecule has 0 bridgehead atoms. The van der Waals surface area contributed by atoms with Crippen molar-refractivity contribution in [1.29, 1.82) is 0 Å². The number of esters is 1. The molecule has 158 valence electrons. The number of amides is 2. The number of benzene rings is 2. The average Bonchev–Trinajstić information content (AvgIpc) is 3.22. The minimum Gasteiger partial charge on any atom is -0.465 e. The highest BCUT2D eigenvalue weighted by Gasteiger charge is 2.36. The second kappa shape index (κ2) is 8.99. The number of nitrogens with zero attached hydrogens (tertiary/aromatic N) is 2. The van der Waals surface area contributed by atoms with Gasteiger partial charge in [-0.05, 0) is 48.5 Å². The Morgan fingerprint density at radius 2 is 1.87 bits per heavy atom. The molecular weight excluding hydrogens is 436 g/mol. The van der Waals surface area contributed by atoms with E-state index in [0.717, 1.165) is 38.7 Å². The topological polar surface area (TPSA) is 68.6 Å². The summed E-state index contributed by atoms with van der Waals surface area (Å²) in [5, 5.41) is 1.17. The second-order valence-electron chi connectivity index (χ2n) is 6.93. The Morgan fingerprint density at radius 3 is 2.61 bits per heavy atom. The molecule has 0 radical (unpaired) electrons. The van der Waals surface area contributed by atoms with Gasteiger partial charge in [0, 0.05) is 34.2 Å². The van der Waals surface area contributed by atoms with Crippen LogP contribution in [-0.2, 0) is 20.9 Å². The molecule has 31 heavy (non-hydrogen) atoms. The second-order valence-corrected chi connectivity index (χ2v) is 8.36. The molecule has 4 rings (SSSR count). The van der Waals surface area contributed by atoms with Crippen molar-refractivity contribution in [1.82, 2.24) is 9.47 Å². The van der Waals surface area contributed by atoms with Gasteiger partial charge in [0.05, 0.1) is 11.5 Å². The molecule has 0 unspecified atom stereocenters. The molecule has 1 fully saturated rings. The molecule has 2 amide bonds. The van der Waals surface area contributed by atoms with Crippen molar-refractivity contribution in [3.05, 3.63) is 75.8 Å². The predicted octanol–water partition coefficient (Wildman–Crippen LogP) is 4.94. The Morgan fingerprint density at radius 1 is 1.13 bits per heavy atom. The molecule has 1 saturated heterocycles. The standard InChI is InChI=1S/C23H19ClN2O4S/c1-2-30-21(27)14-26-22(28)20(31-23(26)29)11-16-13-25(19-6-4-3-5-18(16)19)12-15-7-9-17(24)10-8-15/h3-11,13H,2,12,14H2,1H3/b20-11+. The molecule has 8 heteroatoms. The van der Waals surface area contributed by atoms with Gasteiger partial charge in [-0.15, -0.1) is 0 Å². The van der Waals surface area contributed by atoms with Crippen molar-refractivity contribution in [3.63, 3.8) is 0 Å². The molecule has 3 aromatic rings. The highest BCUT2D eigenvalue weighted by atomic mass is 35.5. The first-order chi connectivity index (χ1) is 15.0. The molecule has 0 N–H and O–H groups in total. The van der Waals surface area contributed by atoms with Crippen molar-refractivity contribution < 1.29 is 19.1 Å². The van der Waals surface area contributed by atoms with Crippen LogP contribution in [0.2, 0.25) is 5.02 Å². The third-order valence-electron chi connectivity index (χ3n) is 4.84. The Kier molecular flexibility index (Phi) is 6.15. The summed E-state index contributed by atoms with van der Waals surface area (Å²) in [5.74, 6) is -1.09. The summed E-state index contributed by atoms with van der Waals surface area (Å²) in [5.41, 5.74) is 2.92. The zero-order valence-electron chi connectivity index (χ0n) is 16.7. The van der Waals surface area contributed by atoms with Crippen LogP contribution in [0, 0.1) is 0 Å². The third kappa shape index (κ3) is 4.52. The van der Waals surface area contributed by atoms with E-state index in [2.05, 4.69) is 4.57 Å². The number of imide groups is 1. The molecule has 2 heterocycles. The van der Waals surface area contributed by atoms with Crippen LogP contribution in [0.1, 0.15) is 18.1 Å². The van der Waals surface area contributed by atoms with Gasteiger partial charge in [0.25, 0.3) is 11.1 Å². The van der Waals surface area contributed by atoms with E-state index in [0.29, 0.717) is 11.6 Å². The molecule has 1 aliphatic rings. The quantitative estimate of drug-likeness (QED) is 0.389. The largest absolute Gasteiger partial charge is 0.465 e. The number of carbonyl (C=O) groups is 3. The summed E-state index contributed by atoms with van der Waals surface area (Å²) in [6.45, 7) is 2.12. The van der Waals surface area contributed by atoms with Crippen LogP contribution >= 0.6 is 23.4 Å². The number of thioether (sulfide) groups is 1. The van der Waals surface area contributed by atoms with Crippen molar-refractivity contribution in [3.8, 4) is 0 Å². The van der Waals surface area contributed by atoms with Gasteiger partial charge < -0.3 is 9.30 Å². The number of hydrogen-bond acceptors (Lipinski definition) is 5. The minimum absolute atomic E-state index is 0.192. The maximum atomic E-state index is 12.7. The van der Waals surface area contributed by atoms with Crippen LogP contribution in [0.4, 0.5) is 4.79 Å². The Hall–Kier alpha value is -3.03. The van der Waals surface area contributed by atoms with Crippen molar-refractivity contribution >= 4 is 57.5 Å². The van der Waals surface area contributed by atoms with Gasteiger partial charge in [-0.25, -0.2) is 0 Å². The highest BCUT2D eigenvalue weighted by Crippen LogP contribution is 2.34. The van der Waals surface area contributed by atoms with E-state index < -0.39 is 17.1 Å². The Balaban J connectivity index is 1.65. The first-order valence-electron chi connectivity index (χ1n) is 9.69. The molecule has 0 saturated carbocycles. The summed E-state index contributed by atoms with van der Waals surface area (Å²) < 4.78 is 6.94. The number of para-hydroxylation sites is 1. The number of fused-ring (bicyclic) bond motifs is 1. The number of halogens is 1. The monoisotopic (exact) mass is 454 g/mol. The van der Waals surface area contributed by atoms with Crippen LogP contribution in [0.5, 0.6) is 0 Å². The number of ether oxygens (including phenoxy) is 1. The fourth-order valence-electron chi connectivity index (χ4n) is 3.42. The summed E-state index contributed by atoms with van der Waals surface area (Å²) in [7, 11) is 0. The predicted molar refractivity (Wildman–Crippen MR) is 122 cm³/mol. The van der Waals surface area contributed by atoms with Gasteiger partial charge in [0.15, 0.2) is 0 Å². The van der Waals surface area contributed by atoms with Crippen molar-refractivity contribution in [2.24, 2.45) is 0 Å². The maximum absolute atomic E-state index is 12.7. The van der Waals surface area contributed by atoms with E-state index in [-0.39, 0.29) is 18.1 Å². The maximum Gasteiger partial charge on any atom is 0.326 e. The summed E-state index contributed by atoms with van der Waals surface area (Å²) in [6, 6.07) is 15.5. The van der Waals surface area contributed by atoms with E-state index in [1.165, 1.54) is 0 Å². The van der Waals surface area contributed by atoms with Gasteiger partial charge in [-0.2, -0.15) is 0 Å². The van der Waals surface area contributed by atoms with E-state index in [9.17, 15) is 14.4 Å². The molecule has 2 aromatic carbocycles. The fraction of sp³-hybridized carbons (Fsp3) is 0.174. The van der Waals surface area contributed by atoms with E-state index in [1.807, 2.05) is 54.7 Å². The summed E-state index contributed by atoms with van der Waals surface area (Å²) >= 11 is 6.81. The van der Waals surface area contributed by atoms with Gasteiger partial charge in [-0.3, -0.25) is 19.3 Å². The van der Waals surface area contributed by atoms with Gasteiger partial charge >= 0.3 is 5.97 Å². The number of carbonyl (C=O) groups excluding carboxylic acids is 3. The lowest BCUT2D eigenvalue weighted by Crippen LogP contribution is -2.34. The number of aromatic nitrogens is 1. The van der Waals surface area contributed by atoms with Crippen molar-refractivity contribution in [2.45, 2.75) is 13.5 Å². The molecule has 1 aromatic heterocycles. The minimum atomic E-state index is -0.606. The van der Waals surface area contributed by atoms with Gasteiger partial charge in [0.2, 0.25) is 0 Å². The van der Waals surface area contributed by atoms with Crippen LogP contribution in [0.15, 0.2) is 59.6 Å². The highest BCUT2D eigenvalue weighted by molar-refractivity contribution is 8.18. The normalized spacial score (nSPS) is 15.3. The van der Waals surface area contributed by atoms with Gasteiger partial charge in [-0.1, -0.05) is 41.9 Å². The SMILES string of the molecule is CCOC(=O)CN1C(=O)S/C(=C/c2cn(Cc3ccc(Cl)cc3)c3ccccc23)C1=O. The van der Waals surface area contributed by atoms with Crippen LogP contribution < -0.4 is 0 Å². The van der Waals surface area contributed by atoms with Crippen LogP contribution in [0.25, 0.3) is 17.0 Å². The smallest absolute Gasteiger partial charge is 0.326 e. The lowest BCUT2D eigenvalue weighted by atomic mass is 10.1. The molecular formula is C23H19ClN2O4S. The first kappa shape index (κ1) is 21.2. The lowest BCUT2D eigenvalue weighted by molar-refractivity contribution is -0.145. The third-order valence-corrected chi connectivity index (χ3v) is 6.00. The zero-order valence-corrected chi connectivity index (χ0v) is 18.3. The fourth-order valence-corrected chi connectivity index (χ4v) is 4.38. The van der Waals surface area contributed by atoms with E-state index in [4.69, 9.17) is 16.3 Å². The van der Waals surface area contributed by atoms with E-state index >= 15 is 0 Å². The number of rotatable bonds is 6. The molecule has 6 nitrogen and oxygen atoms in total.